The molecule has 18 heavy (non-hydrogen) atoms. The minimum Gasteiger partial charge on any atom is -0.459 e. The molecule has 0 radical (unpaired) electrons. The fraction of sp³-hybridized carbons (Fsp3) is 0.500. The first-order chi connectivity index (χ1) is 8.74. The Bertz CT molecular complexity index is 373. The number of pyridine rings is 1. The van der Waals surface area contributed by atoms with Crippen molar-refractivity contribution in [2.45, 2.75) is 6.42 Å². The predicted octanol–water partition coefficient (Wildman–Crippen LogP) is 1.94. The van der Waals surface area contributed by atoms with Gasteiger partial charge in [-0.2, -0.15) is 0 Å². The highest BCUT2D eigenvalue weighted by atomic mass is 35.5. The minimum atomic E-state index is -0.502. The van der Waals surface area contributed by atoms with E-state index in [1.165, 1.54) is 12.3 Å². The van der Waals surface area contributed by atoms with Gasteiger partial charge >= 0.3 is 5.97 Å². The SMILES string of the molecule is COCCCOCCOC(=O)c1cc(Cl)ccn1. The molecule has 1 aromatic rings. The highest BCUT2D eigenvalue weighted by Gasteiger charge is 2.08. The molecule has 6 heteroatoms. The van der Waals surface area contributed by atoms with Crippen LogP contribution < -0.4 is 0 Å². The second kappa shape index (κ2) is 8.85. The largest absolute Gasteiger partial charge is 0.459 e. The molecule has 0 aliphatic heterocycles. The molecule has 0 unspecified atom stereocenters. The summed E-state index contributed by atoms with van der Waals surface area (Å²) >= 11 is 5.74. The number of carbonyl (C=O) groups is 1. The van der Waals surface area contributed by atoms with E-state index in [2.05, 4.69) is 4.98 Å². The quantitative estimate of drug-likeness (QED) is 0.535. The number of nitrogens with zero attached hydrogens (tertiary/aromatic N) is 1. The van der Waals surface area contributed by atoms with E-state index in [1.807, 2.05) is 0 Å². The Kier molecular flexibility index (Phi) is 7.32. The van der Waals surface area contributed by atoms with Crippen LogP contribution in [0, 0.1) is 0 Å². The van der Waals surface area contributed by atoms with Crippen LogP contribution >= 0.6 is 11.6 Å². The van der Waals surface area contributed by atoms with E-state index in [0.29, 0.717) is 24.8 Å². The second-order valence-corrected chi connectivity index (χ2v) is 3.89. The molecule has 0 saturated heterocycles. The number of hydrogen-bond acceptors (Lipinski definition) is 5. The van der Waals surface area contributed by atoms with Crippen molar-refractivity contribution in [1.29, 1.82) is 0 Å². The molecule has 0 spiro atoms. The zero-order valence-electron chi connectivity index (χ0n) is 10.2. The Labute approximate surface area is 111 Å². The van der Waals surface area contributed by atoms with Crippen LogP contribution in [0.1, 0.15) is 16.9 Å². The van der Waals surface area contributed by atoms with Crippen molar-refractivity contribution in [3.63, 3.8) is 0 Å². The summed E-state index contributed by atoms with van der Waals surface area (Å²) in [6, 6.07) is 3.06. The van der Waals surface area contributed by atoms with E-state index in [9.17, 15) is 4.79 Å². The topological polar surface area (TPSA) is 57.7 Å². The number of methoxy groups -OCH3 is 1. The monoisotopic (exact) mass is 273 g/mol. The van der Waals surface area contributed by atoms with Crippen LogP contribution in [-0.4, -0.2) is 44.5 Å². The molecule has 0 N–H and O–H groups in total. The Hall–Kier alpha value is -1.17. The van der Waals surface area contributed by atoms with Gasteiger partial charge in [-0.1, -0.05) is 11.6 Å². The molecule has 1 aromatic heterocycles. The van der Waals surface area contributed by atoms with Gasteiger partial charge in [0, 0.05) is 31.5 Å². The van der Waals surface area contributed by atoms with Gasteiger partial charge in [0.2, 0.25) is 0 Å². The predicted molar refractivity (Wildman–Crippen MR) is 66.8 cm³/mol. The molecule has 0 aliphatic rings. The number of carbonyl (C=O) groups excluding carboxylic acids is 1. The Balaban J connectivity index is 2.14. The van der Waals surface area contributed by atoms with Crippen LogP contribution in [0.4, 0.5) is 0 Å². The molecule has 0 bridgehead atoms. The van der Waals surface area contributed by atoms with Gasteiger partial charge in [-0.15, -0.1) is 0 Å². The van der Waals surface area contributed by atoms with Crippen molar-refractivity contribution in [2.24, 2.45) is 0 Å². The van der Waals surface area contributed by atoms with E-state index < -0.39 is 5.97 Å². The third-order valence-electron chi connectivity index (χ3n) is 2.03. The van der Waals surface area contributed by atoms with Crippen molar-refractivity contribution < 1.29 is 19.0 Å². The lowest BCUT2D eigenvalue weighted by atomic mass is 10.3. The number of ether oxygens (including phenoxy) is 3. The lowest BCUT2D eigenvalue weighted by molar-refractivity contribution is 0.0283. The number of hydrogen-bond donors (Lipinski definition) is 0. The molecule has 0 aromatic carbocycles. The first-order valence-electron chi connectivity index (χ1n) is 5.59. The summed E-state index contributed by atoms with van der Waals surface area (Å²) in [6.07, 6.45) is 2.28. The number of halogens is 1. The maximum atomic E-state index is 11.5. The molecule has 0 amide bonds. The van der Waals surface area contributed by atoms with Crippen molar-refractivity contribution in [1.82, 2.24) is 4.98 Å². The lowest BCUT2D eigenvalue weighted by Gasteiger charge is -2.05. The third-order valence-corrected chi connectivity index (χ3v) is 2.26. The highest BCUT2D eigenvalue weighted by Crippen LogP contribution is 2.08. The first kappa shape index (κ1) is 14.9. The molecule has 0 aliphatic carbocycles. The van der Waals surface area contributed by atoms with Crippen LogP contribution in [0.3, 0.4) is 0 Å². The zero-order valence-corrected chi connectivity index (χ0v) is 11.0. The van der Waals surface area contributed by atoms with E-state index in [1.54, 1.807) is 13.2 Å². The van der Waals surface area contributed by atoms with Gasteiger partial charge in [0.25, 0.3) is 0 Å². The van der Waals surface area contributed by atoms with Gasteiger partial charge in [0.05, 0.1) is 6.61 Å². The zero-order chi connectivity index (χ0) is 13.2. The van der Waals surface area contributed by atoms with Crippen molar-refractivity contribution >= 4 is 17.6 Å². The van der Waals surface area contributed by atoms with Crippen molar-refractivity contribution in [3.8, 4) is 0 Å². The van der Waals surface area contributed by atoms with Gasteiger partial charge in [0.15, 0.2) is 0 Å². The van der Waals surface area contributed by atoms with Crippen molar-refractivity contribution in [3.05, 3.63) is 29.0 Å². The molecule has 0 saturated carbocycles. The highest BCUT2D eigenvalue weighted by molar-refractivity contribution is 6.30. The molecular weight excluding hydrogens is 258 g/mol. The third kappa shape index (κ3) is 5.95. The Morgan fingerprint density at radius 2 is 2.17 bits per heavy atom. The molecule has 1 heterocycles. The summed E-state index contributed by atoms with van der Waals surface area (Å²) in [4.78, 5) is 15.4. The molecular formula is C12H16ClNO4. The van der Waals surface area contributed by atoms with E-state index in [4.69, 9.17) is 25.8 Å². The van der Waals surface area contributed by atoms with Crippen LogP contribution in [0.15, 0.2) is 18.3 Å². The molecule has 1 rings (SSSR count). The van der Waals surface area contributed by atoms with Gasteiger partial charge in [-0.05, 0) is 18.6 Å². The summed E-state index contributed by atoms with van der Waals surface area (Å²) in [6.45, 7) is 1.79. The van der Waals surface area contributed by atoms with E-state index >= 15 is 0 Å². The van der Waals surface area contributed by atoms with Crippen LogP contribution in [0.25, 0.3) is 0 Å². The lowest BCUT2D eigenvalue weighted by Crippen LogP contribution is -2.12. The number of aromatic nitrogens is 1. The Morgan fingerprint density at radius 3 is 2.89 bits per heavy atom. The van der Waals surface area contributed by atoms with Crippen LogP contribution in [-0.2, 0) is 14.2 Å². The van der Waals surface area contributed by atoms with E-state index in [-0.39, 0.29) is 12.3 Å². The molecule has 5 nitrogen and oxygen atoms in total. The average molecular weight is 274 g/mol. The fourth-order valence-electron chi connectivity index (χ4n) is 1.19. The van der Waals surface area contributed by atoms with Crippen molar-refractivity contribution in [2.75, 3.05) is 33.5 Å². The number of rotatable bonds is 8. The smallest absolute Gasteiger partial charge is 0.357 e. The molecule has 100 valence electrons. The summed E-state index contributed by atoms with van der Waals surface area (Å²) in [5.41, 5.74) is 0.196. The maximum absolute atomic E-state index is 11.5. The molecule has 0 fully saturated rings. The molecule has 0 atom stereocenters. The van der Waals surface area contributed by atoms with Gasteiger partial charge in [-0.3, -0.25) is 0 Å². The maximum Gasteiger partial charge on any atom is 0.357 e. The fourth-order valence-corrected chi connectivity index (χ4v) is 1.35. The summed E-state index contributed by atoms with van der Waals surface area (Å²) in [7, 11) is 1.64. The van der Waals surface area contributed by atoms with Gasteiger partial charge in [0.1, 0.15) is 12.3 Å². The normalized spacial score (nSPS) is 10.3. The number of esters is 1. The summed E-state index contributed by atoms with van der Waals surface area (Å²) < 4.78 is 15.1. The first-order valence-corrected chi connectivity index (χ1v) is 5.97. The Morgan fingerprint density at radius 1 is 1.33 bits per heavy atom. The van der Waals surface area contributed by atoms with E-state index in [0.717, 1.165) is 6.42 Å². The van der Waals surface area contributed by atoms with Gasteiger partial charge in [-0.25, -0.2) is 9.78 Å². The van der Waals surface area contributed by atoms with Gasteiger partial charge < -0.3 is 14.2 Å². The minimum absolute atomic E-state index is 0.194. The van der Waals surface area contributed by atoms with Crippen LogP contribution in [0.2, 0.25) is 5.02 Å². The second-order valence-electron chi connectivity index (χ2n) is 3.45. The summed E-state index contributed by atoms with van der Waals surface area (Å²) in [5.74, 6) is -0.502. The summed E-state index contributed by atoms with van der Waals surface area (Å²) in [5, 5.41) is 0.452. The average Bonchev–Trinajstić information content (AvgIpc) is 2.37. The standard InChI is InChI=1S/C12H16ClNO4/c1-16-5-2-6-17-7-8-18-12(15)11-9-10(13)3-4-14-11/h3-4,9H,2,5-8H2,1H3. The van der Waals surface area contributed by atoms with Crippen LogP contribution in [0.5, 0.6) is 0 Å².